The highest BCUT2D eigenvalue weighted by Crippen LogP contribution is 2.38. The molecule has 2 aliphatic rings. The second kappa shape index (κ2) is 8.33. The van der Waals surface area contributed by atoms with Gasteiger partial charge in [-0.1, -0.05) is 20.8 Å². The minimum atomic E-state index is -2.49. The van der Waals surface area contributed by atoms with Gasteiger partial charge in [0.25, 0.3) is 12.3 Å². The molecule has 32 heavy (non-hydrogen) atoms. The number of aromatic nitrogens is 3. The van der Waals surface area contributed by atoms with Crippen LogP contribution < -0.4 is 10.9 Å². The monoisotopic (exact) mass is 447 g/mol. The van der Waals surface area contributed by atoms with Crippen molar-refractivity contribution in [1.29, 1.82) is 0 Å². The zero-order valence-corrected chi connectivity index (χ0v) is 19.0. The molecule has 0 radical (unpaired) electrons. The van der Waals surface area contributed by atoms with Crippen LogP contribution in [0, 0.1) is 5.92 Å². The van der Waals surface area contributed by atoms with Crippen molar-refractivity contribution >= 4 is 11.7 Å². The standard InChI is InChI=1S/C23H31F2N5O2/c1-23(2,3)18-12-19-26-16(11-17(21(24)25)30(19)27-18)14-7-9-29(10-8-14)22(32)15-5-6-20(31)28(4)13-15/h5-6,12-14,16-17,21,26H,7-11H2,1-4H3/t16-,17+/m0/s1. The largest absolute Gasteiger partial charge is 0.367 e. The molecule has 9 heteroatoms. The number of fused-ring (bicyclic) bond motifs is 1. The summed E-state index contributed by atoms with van der Waals surface area (Å²) in [7, 11) is 1.62. The summed E-state index contributed by atoms with van der Waals surface area (Å²) in [5.74, 6) is 0.747. The van der Waals surface area contributed by atoms with Crippen molar-refractivity contribution in [2.24, 2.45) is 13.0 Å². The van der Waals surface area contributed by atoms with E-state index in [-0.39, 0.29) is 28.8 Å². The first-order valence-corrected chi connectivity index (χ1v) is 11.2. The summed E-state index contributed by atoms with van der Waals surface area (Å²) in [5.41, 5.74) is 0.897. The maximum absolute atomic E-state index is 13.9. The van der Waals surface area contributed by atoms with Crippen molar-refractivity contribution in [3.8, 4) is 0 Å². The Hall–Kier alpha value is -2.71. The smallest absolute Gasteiger partial charge is 0.260 e. The zero-order valence-electron chi connectivity index (χ0n) is 19.0. The third-order valence-electron chi connectivity index (χ3n) is 6.67. The van der Waals surface area contributed by atoms with E-state index in [0.717, 1.165) is 18.5 Å². The van der Waals surface area contributed by atoms with E-state index in [0.29, 0.717) is 30.9 Å². The van der Waals surface area contributed by atoms with Crippen molar-refractivity contribution in [2.75, 3.05) is 18.4 Å². The van der Waals surface area contributed by atoms with Gasteiger partial charge in [-0.3, -0.25) is 9.59 Å². The number of piperidine rings is 1. The molecule has 2 aromatic heterocycles. The molecule has 1 saturated heterocycles. The highest BCUT2D eigenvalue weighted by Gasteiger charge is 2.39. The molecule has 1 fully saturated rings. The Bertz CT molecular complexity index is 1050. The van der Waals surface area contributed by atoms with E-state index in [2.05, 4.69) is 10.4 Å². The molecular formula is C23H31F2N5O2. The predicted molar refractivity (Wildman–Crippen MR) is 118 cm³/mol. The fourth-order valence-electron chi connectivity index (χ4n) is 4.66. The van der Waals surface area contributed by atoms with Gasteiger partial charge < -0.3 is 14.8 Å². The summed E-state index contributed by atoms with van der Waals surface area (Å²) in [6.45, 7) is 7.20. The number of alkyl halides is 2. The number of carbonyl (C=O) groups is 1. The van der Waals surface area contributed by atoms with E-state index >= 15 is 0 Å². The first-order valence-electron chi connectivity index (χ1n) is 11.2. The molecule has 2 aromatic rings. The van der Waals surface area contributed by atoms with Crippen molar-refractivity contribution in [2.45, 2.75) is 64.0 Å². The zero-order chi connectivity index (χ0) is 23.2. The number of likely N-dealkylation sites (tertiary alicyclic amines) is 1. The second-order valence-electron chi connectivity index (χ2n) is 9.99. The fraction of sp³-hybridized carbons (Fsp3) is 0.609. The number of nitrogens with one attached hydrogen (secondary N) is 1. The SMILES string of the molecule is Cn1cc(C(=O)N2CCC([C@@H]3C[C@H](C(F)F)n4nc(C(C)(C)C)cc4N3)CC2)ccc1=O. The highest BCUT2D eigenvalue weighted by atomic mass is 19.3. The van der Waals surface area contributed by atoms with Gasteiger partial charge in [0.1, 0.15) is 11.9 Å². The number of aryl methyl sites for hydroxylation is 1. The number of anilines is 1. The number of rotatable bonds is 3. The number of amides is 1. The van der Waals surface area contributed by atoms with Crippen molar-refractivity contribution < 1.29 is 13.6 Å². The number of pyridine rings is 1. The number of nitrogens with zero attached hydrogens (tertiary/aromatic N) is 4. The number of halogens is 2. The highest BCUT2D eigenvalue weighted by molar-refractivity contribution is 5.93. The van der Waals surface area contributed by atoms with E-state index in [9.17, 15) is 18.4 Å². The minimum Gasteiger partial charge on any atom is -0.367 e. The van der Waals surface area contributed by atoms with Crippen LogP contribution in [0.25, 0.3) is 0 Å². The lowest BCUT2D eigenvalue weighted by Gasteiger charge is -2.40. The Kier molecular flexibility index (Phi) is 5.85. The number of hydrogen-bond acceptors (Lipinski definition) is 4. The summed E-state index contributed by atoms with van der Waals surface area (Å²) in [4.78, 5) is 26.2. The Morgan fingerprint density at radius 3 is 2.50 bits per heavy atom. The topological polar surface area (TPSA) is 72.2 Å². The second-order valence-corrected chi connectivity index (χ2v) is 9.99. The van der Waals surface area contributed by atoms with E-state index < -0.39 is 12.5 Å². The average Bonchev–Trinajstić information content (AvgIpc) is 3.19. The van der Waals surface area contributed by atoms with Crippen molar-refractivity contribution in [3.05, 3.63) is 46.0 Å². The average molecular weight is 448 g/mol. The van der Waals surface area contributed by atoms with Crippen LogP contribution in [-0.4, -0.2) is 50.7 Å². The molecule has 2 aliphatic heterocycles. The quantitative estimate of drug-likeness (QED) is 0.783. The van der Waals surface area contributed by atoms with E-state index in [4.69, 9.17) is 0 Å². The van der Waals surface area contributed by atoms with Gasteiger partial charge >= 0.3 is 0 Å². The molecule has 0 saturated carbocycles. The summed E-state index contributed by atoms with van der Waals surface area (Å²) >= 11 is 0. The lowest BCUT2D eigenvalue weighted by atomic mass is 9.84. The van der Waals surface area contributed by atoms with Crippen LogP contribution in [0.1, 0.15) is 62.1 Å². The van der Waals surface area contributed by atoms with Gasteiger partial charge in [-0.15, -0.1) is 0 Å². The molecule has 1 amide bonds. The van der Waals surface area contributed by atoms with Gasteiger partial charge in [-0.2, -0.15) is 5.10 Å². The molecule has 0 aromatic carbocycles. The summed E-state index contributed by atoms with van der Waals surface area (Å²) in [6, 6.07) is 3.81. The van der Waals surface area contributed by atoms with Crippen LogP contribution in [0.15, 0.2) is 29.2 Å². The molecule has 4 rings (SSSR count). The Morgan fingerprint density at radius 1 is 1.22 bits per heavy atom. The number of carbonyl (C=O) groups excluding carboxylic acids is 1. The Labute approximate surface area is 186 Å². The molecule has 0 aliphatic carbocycles. The summed E-state index contributed by atoms with van der Waals surface area (Å²) in [6.07, 6.45) is 0.865. The maximum atomic E-state index is 13.9. The van der Waals surface area contributed by atoms with Crippen LogP contribution in [0.5, 0.6) is 0 Å². The third-order valence-corrected chi connectivity index (χ3v) is 6.67. The van der Waals surface area contributed by atoms with Crippen molar-refractivity contribution in [3.63, 3.8) is 0 Å². The fourth-order valence-corrected chi connectivity index (χ4v) is 4.66. The molecule has 0 bridgehead atoms. The molecule has 0 unspecified atom stereocenters. The van der Waals surface area contributed by atoms with Gasteiger partial charge in [0.05, 0.1) is 11.3 Å². The van der Waals surface area contributed by atoms with Gasteiger partial charge in [0, 0.05) is 49.9 Å². The van der Waals surface area contributed by atoms with E-state index in [1.807, 2.05) is 26.8 Å². The van der Waals surface area contributed by atoms with Crippen LogP contribution >= 0.6 is 0 Å². The van der Waals surface area contributed by atoms with Gasteiger partial charge in [-0.25, -0.2) is 13.5 Å². The minimum absolute atomic E-state index is 0.0826. The first-order chi connectivity index (χ1) is 15.0. The molecule has 174 valence electrons. The lowest BCUT2D eigenvalue weighted by molar-refractivity contribution is 0.0536. The van der Waals surface area contributed by atoms with Crippen LogP contribution in [0.3, 0.4) is 0 Å². The molecule has 4 heterocycles. The van der Waals surface area contributed by atoms with E-state index in [1.54, 1.807) is 24.2 Å². The summed E-state index contributed by atoms with van der Waals surface area (Å²) < 4.78 is 30.6. The van der Waals surface area contributed by atoms with Crippen LogP contribution in [0.4, 0.5) is 14.6 Å². The lowest BCUT2D eigenvalue weighted by Crippen LogP contribution is -2.46. The van der Waals surface area contributed by atoms with Crippen molar-refractivity contribution in [1.82, 2.24) is 19.2 Å². The van der Waals surface area contributed by atoms with Crippen LogP contribution in [0.2, 0.25) is 0 Å². The van der Waals surface area contributed by atoms with Gasteiger partial charge in [-0.05, 0) is 31.2 Å². The summed E-state index contributed by atoms with van der Waals surface area (Å²) in [5, 5.41) is 7.94. The predicted octanol–water partition coefficient (Wildman–Crippen LogP) is 3.42. The molecule has 0 spiro atoms. The van der Waals surface area contributed by atoms with Gasteiger partial charge in [0.2, 0.25) is 5.56 Å². The molecular weight excluding hydrogens is 416 g/mol. The molecule has 2 atom stereocenters. The third kappa shape index (κ3) is 4.29. The van der Waals surface area contributed by atoms with Crippen LogP contribution in [-0.2, 0) is 12.5 Å². The Morgan fingerprint density at radius 2 is 1.91 bits per heavy atom. The Balaban J connectivity index is 1.45. The number of hydrogen-bond donors (Lipinski definition) is 1. The first kappa shape index (κ1) is 22.5. The van der Waals surface area contributed by atoms with Gasteiger partial charge in [0.15, 0.2) is 0 Å². The van der Waals surface area contributed by atoms with E-state index in [1.165, 1.54) is 15.3 Å². The maximum Gasteiger partial charge on any atom is 0.260 e. The molecule has 1 N–H and O–H groups in total. The molecule has 7 nitrogen and oxygen atoms in total. The normalized spacial score (nSPS) is 22.0.